The Balaban J connectivity index is 4.46. The zero-order chi connectivity index (χ0) is 14.3. The molecular weight excluding hydrogens is 238 g/mol. The topological polar surface area (TPSA) is 94.9 Å². The number of amides is 1. The van der Waals surface area contributed by atoms with E-state index in [1.54, 1.807) is 20.8 Å². The summed E-state index contributed by atoms with van der Waals surface area (Å²) in [4.78, 5) is 34.4. The molecule has 0 atom stereocenters. The number of carboxylic acid groups (broad SMARTS) is 2. The maximum absolute atomic E-state index is 12.0. The number of carbonyl (C=O) groups is 3. The number of nitrogens with zero attached hydrogens (tertiary/aromatic N) is 1. The molecule has 6 heteroatoms. The van der Waals surface area contributed by atoms with Crippen molar-refractivity contribution in [2.45, 2.75) is 40.0 Å². The highest BCUT2D eigenvalue weighted by atomic mass is 16.4. The number of carboxylic acids is 2. The Hall–Kier alpha value is -1.59. The zero-order valence-electron chi connectivity index (χ0n) is 11.1. The van der Waals surface area contributed by atoms with E-state index in [2.05, 4.69) is 0 Å². The van der Waals surface area contributed by atoms with Gasteiger partial charge in [0.2, 0.25) is 5.91 Å². The van der Waals surface area contributed by atoms with E-state index < -0.39 is 17.4 Å². The smallest absolute Gasteiger partial charge is 0.305 e. The molecule has 0 radical (unpaired) electrons. The SMILES string of the molecule is CC(C)(C)C(=O)N(CCCC(=O)O)CCC(=O)O. The second-order valence-electron chi connectivity index (χ2n) is 5.18. The van der Waals surface area contributed by atoms with Crippen LogP contribution < -0.4 is 0 Å². The van der Waals surface area contributed by atoms with E-state index in [9.17, 15) is 14.4 Å². The van der Waals surface area contributed by atoms with Crippen molar-refractivity contribution in [3.8, 4) is 0 Å². The predicted molar refractivity (Wildman–Crippen MR) is 65.2 cm³/mol. The van der Waals surface area contributed by atoms with E-state index in [1.165, 1.54) is 4.90 Å². The normalized spacial score (nSPS) is 11.1. The van der Waals surface area contributed by atoms with Crippen LogP contribution in [0.4, 0.5) is 0 Å². The maximum atomic E-state index is 12.0. The first kappa shape index (κ1) is 16.4. The molecule has 0 saturated carbocycles. The van der Waals surface area contributed by atoms with Crippen molar-refractivity contribution in [2.75, 3.05) is 13.1 Å². The van der Waals surface area contributed by atoms with Crippen molar-refractivity contribution >= 4 is 17.8 Å². The Morgan fingerprint density at radius 2 is 1.44 bits per heavy atom. The molecule has 0 aliphatic heterocycles. The van der Waals surface area contributed by atoms with Gasteiger partial charge in [-0.25, -0.2) is 0 Å². The van der Waals surface area contributed by atoms with E-state index >= 15 is 0 Å². The van der Waals surface area contributed by atoms with Crippen LogP contribution in [0, 0.1) is 5.41 Å². The average molecular weight is 259 g/mol. The van der Waals surface area contributed by atoms with E-state index in [-0.39, 0.29) is 31.8 Å². The third-order valence-corrected chi connectivity index (χ3v) is 2.34. The van der Waals surface area contributed by atoms with E-state index in [1.807, 2.05) is 0 Å². The van der Waals surface area contributed by atoms with Crippen LogP contribution in [0.2, 0.25) is 0 Å². The lowest BCUT2D eigenvalue weighted by Gasteiger charge is -2.29. The third kappa shape index (κ3) is 6.88. The Bertz CT molecular complexity index is 319. The van der Waals surface area contributed by atoms with Crippen LogP contribution in [0.1, 0.15) is 40.0 Å². The minimum absolute atomic E-state index is 0.0268. The predicted octanol–water partition coefficient (Wildman–Crippen LogP) is 1.20. The van der Waals surface area contributed by atoms with Gasteiger partial charge in [0.05, 0.1) is 6.42 Å². The molecule has 0 bridgehead atoms. The van der Waals surface area contributed by atoms with E-state index in [0.29, 0.717) is 6.42 Å². The average Bonchev–Trinajstić information content (AvgIpc) is 2.20. The minimum atomic E-state index is -0.972. The lowest BCUT2D eigenvalue weighted by molar-refractivity contribution is -0.143. The van der Waals surface area contributed by atoms with Gasteiger partial charge in [-0.2, -0.15) is 0 Å². The maximum Gasteiger partial charge on any atom is 0.305 e. The number of hydrogen-bond acceptors (Lipinski definition) is 3. The Morgan fingerprint density at radius 1 is 0.944 bits per heavy atom. The Morgan fingerprint density at radius 3 is 1.83 bits per heavy atom. The molecule has 0 fully saturated rings. The van der Waals surface area contributed by atoms with Crippen molar-refractivity contribution in [3.63, 3.8) is 0 Å². The van der Waals surface area contributed by atoms with Crippen LogP contribution in [0.5, 0.6) is 0 Å². The van der Waals surface area contributed by atoms with Crippen LogP contribution in [0.15, 0.2) is 0 Å². The molecule has 0 saturated heterocycles. The number of aliphatic carboxylic acids is 2. The van der Waals surface area contributed by atoms with Crippen molar-refractivity contribution < 1.29 is 24.6 Å². The number of carbonyl (C=O) groups excluding carboxylic acids is 1. The quantitative estimate of drug-likeness (QED) is 0.716. The van der Waals surface area contributed by atoms with Crippen molar-refractivity contribution in [2.24, 2.45) is 5.41 Å². The molecule has 6 nitrogen and oxygen atoms in total. The standard InChI is InChI=1S/C12H21NO5/c1-12(2,3)11(18)13(8-6-10(16)17)7-4-5-9(14)15/h4-8H2,1-3H3,(H,14,15)(H,16,17). The molecule has 0 rings (SSSR count). The highest BCUT2D eigenvalue weighted by Gasteiger charge is 2.27. The number of rotatable bonds is 7. The molecule has 0 aromatic rings. The molecule has 0 aliphatic rings. The molecule has 0 aliphatic carbocycles. The van der Waals surface area contributed by atoms with Crippen LogP contribution in [-0.4, -0.2) is 46.0 Å². The van der Waals surface area contributed by atoms with Gasteiger partial charge < -0.3 is 15.1 Å². The molecular formula is C12H21NO5. The van der Waals surface area contributed by atoms with Crippen LogP contribution in [0.3, 0.4) is 0 Å². The second kappa shape index (κ2) is 6.98. The highest BCUT2D eigenvalue weighted by Crippen LogP contribution is 2.18. The summed E-state index contributed by atoms with van der Waals surface area (Å²) >= 11 is 0. The van der Waals surface area contributed by atoms with Crippen molar-refractivity contribution in [1.29, 1.82) is 0 Å². The largest absolute Gasteiger partial charge is 0.481 e. The monoisotopic (exact) mass is 259 g/mol. The van der Waals surface area contributed by atoms with Gasteiger partial charge in [0, 0.05) is 24.9 Å². The highest BCUT2D eigenvalue weighted by molar-refractivity contribution is 5.82. The summed E-state index contributed by atoms with van der Waals surface area (Å²) in [6, 6.07) is 0. The summed E-state index contributed by atoms with van der Waals surface area (Å²) in [6.45, 7) is 5.64. The molecule has 0 unspecified atom stereocenters. The fraction of sp³-hybridized carbons (Fsp3) is 0.750. The molecule has 2 N–H and O–H groups in total. The van der Waals surface area contributed by atoms with Gasteiger partial charge >= 0.3 is 11.9 Å². The van der Waals surface area contributed by atoms with E-state index in [0.717, 1.165) is 0 Å². The van der Waals surface area contributed by atoms with Gasteiger partial charge in [0.25, 0.3) is 0 Å². The van der Waals surface area contributed by atoms with Gasteiger partial charge in [0.15, 0.2) is 0 Å². The van der Waals surface area contributed by atoms with E-state index in [4.69, 9.17) is 10.2 Å². The van der Waals surface area contributed by atoms with Crippen molar-refractivity contribution in [3.05, 3.63) is 0 Å². The summed E-state index contributed by atoms with van der Waals surface area (Å²) in [6.07, 6.45) is 0.173. The molecule has 0 heterocycles. The number of hydrogen-bond donors (Lipinski definition) is 2. The minimum Gasteiger partial charge on any atom is -0.481 e. The molecule has 1 amide bonds. The first-order chi connectivity index (χ1) is 8.14. The Labute approximate surface area is 107 Å². The second-order valence-corrected chi connectivity index (χ2v) is 5.18. The summed E-state index contributed by atoms with van der Waals surface area (Å²) in [5.74, 6) is -2.05. The zero-order valence-corrected chi connectivity index (χ0v) is 11.1. The molecule has 104 valence electrons. The summed E-state index contributed by atoms with van der Waals surface area (Å²) < 4.78 is 0. The van der Waals surface area contributed by atoms with Gasteiger partial charge in [-0.1, -0.05) is 20.8 Å². The van der Waals surface area contributed by atoms with Gasteiger partial charge in [-0.15, -0.1) is 0 Å². The lowest BCUT2D eigenvalue weighted by atomic mass is 9.94. The molecule has 0 aromatic carbocycles. The summed E-state index contributed by atoms with van der Waals surface area (Å²) in [5, 5.41) is 17.2. The molecule has 18 heavy (non-hydrogen) atoms. The molecule has 0 spiro atoms. The van der Waals surface area contributed by atoms with Gasteiger partial charge in [-0.3, -0.25) is 14.4 Å². The fourth-order valence-corrected chi connectivity index (χ4v) is 1.44. The fourth-order valence-electron chi connectivity index (χ4n) is 1.44. The summed E-state index contributed by atoms with van der Waals surface area (Å²) in [5.41, 5.74) is -0.596. The first-order valence-electron chi connectivity index (χ1n) is 5.87. The first-order valence-corrected chi connectivity index (χ1v) is 5.87. The lowest BCUT2D eigenvalue weighted by Crippen LogP contribution is -2.41. The van der Waals surface area contributed by atoms with Crippen LogP contribution in [-0.2, 0) is 14.4 Å². The van der Waals surface area contributed by atoms with Gasteiger partial charge in [-0.05, 0) is 6.42 Å². The van der Waals surface area contributed by atoms with Crippen molar-refractivity contribution in [1.82, 2.24) is 4.90 Å². The third-order valence-electron chi connectivity index (χ3n) is 2.34. The van der Waals surface area contributed by atoms with Gasteiger partial charge in [0.1, 0.15) is 0 Å². The van der Waals surface area contributed by atoms with Crippen LogP contribution >= 0.6 is 0 Å². The summed E-state index contributed by atoms with van der Waals surface area (Å²) in [7, 11) is 0. The molecule has 0 aromatic heterocycles. The van der Waals surface area contributed by atoms with Crippen LogP contribution in [0.25, 0.3) is 0 Å². The Kier molecular flexibility index (Phi) is 6.36.